The molecule has 0 atom stereocenters. The Morgan fingerprint density at radius 2 is 1.64 bits per heavy atom. The van der Waals surface area contributed by atoms with Gasteiger partial charge in [0.2, 0.25) is 0 Å². The van der Waals surface area contributed by atoms with Crippen LogP contribution in [0.3, 0.4) is 0 Å². The van der Waals surface area contributed by atoms with Crippen LogP contribution in [0.25, 0.3) is 0 Å². The standard InChI is InChI=1S/C11H21/c1-3-5-7-9-11-10-8-6-4-2/h3,5H,1,4,6-11H2,2H3/b5-3-. The average molecular weight is 153 g/mol. The third kappa shape index (κ3) is 9.74. The van der Waals surface area contributed by atoms with E-state index in [4.69, 9.17) is 0 Å². The van der Waals surface area contributed by atoms with Crippen LogP contribution in [-0.2, 0) is 0 Å². The molecule has 11 heavy (non-hydrogen) atoms. The second-order valence-electron chi connectivity index (χ2n) is 3.03. The van der Waals surface area contributed by atoms with Crippen molar-refractivity contribution in [2.75, 3.05) is 0 Å². The zero-order chi connectivity index (χ0) is 8.36. The van der Waals surface area contributed by atoms with Gasteiger partial charge in [-0.05, 0) is 19.8 Å². The molecule has 0 bridgehead atoms. The summed E-state index contributed by atoms with van der Waals surface area (Å²) < 4.78 is 0. The lowest BCUT2D eigenvalue weighted by Gasteiger charge is -1.96. The molecule has 0 aliphatic heterocycles. The van der Waals surface area contributed by atoms with Gasteiger partial charge < -0.3 is 0 Å². The Morgan fingerprint density at radius 3 is 2.27 bits per heavy atom. The van der Waals surface area contributed by atoms with Gasteiger partial charge in [-0.1, -0.05) is 51.2 Å². The summed E-state index contributed by atoms with van der Waals surface area (Å²) in [6, 6.07) is 0. The highest BCUT2D eigenvalue weighted by Gasteiger charge is 1.86. The minimum absolute atomic E-state index is 1.22. The lowest BCUT2D eigenvalue weighted by atomic mass is 10.1. The molecule has 0 heteroatoms. The fourth-order valence-electron chi connectivity index (χ4n) is 1.16. The predicted octanol–water partition coefficient (Wildman–Crippen LogP) is 4.13. The van der Waals surface area contributed by atoms with E-state index in [9.17, 15) is 0 Å². The predicted molar refractivity (Wildman–Crippen MR) is 52.5 cm³/mol. The second-order valence-corrected chi connectivity index (χ2v) is 3.03. The molecule has 0 aromatic carbocycles. The Labute approximate surface area is 71.7 Å². The number of rotatable bonds is 7. The maximum absolute atomic E-state index is 3.65. The minimum atomic E-state index is 1.22. The number of hydrogen-bond acceptors (Lipinski definition) is 0. The largest absolute Gasteiger partial charge is 0.0885 e. The van der Waals surface area contributed by atoms with Crippen LogP contribution in [0.2, 0.25) is 0 Å². The van der Waals surface area contributed by atoms with Crippen molar-refractivity contribution in [1.82, 2.24) is 0 Å². The number of unbranched alkanes of at least 4 members (excludes halogenated alkanes) is 6. The average Bonchev–Trinajstić information content (AvgIpc) is 2.03. The maximum Gasteiger partial charge on any atom is -0.0316 e. The van der Waals surface area contributed by atoms with Crippen LogP contribution in [-0.4, -0.2) is 0 Å². The van der Waals surface area contributed by atoms with E-state index in [2.05, 4.69) is 19.9 Å². The van der Waals surface area contributed by atoms with Crippen molar-refractivity contribution in [3.8, 4) is 0 Å². The van der Waals surface area contributed by atoms with Crippen molar-refractivity contribution in [2.45, 2.75) is 51.9 Å². The van der Waals surface area contributed by atoms with Gasteiger partial charge in [-0.15, -0.1) is 0 Å². The summed E-state index contributed by atoms with van der Waals surface area (Å²) in [7, 11) is 0. The van der Waals surface area contributed by atoms with Gasteiger partial charge >= 0.3 is 0 Å². The maximum atomic E-state index is 3.65. The van der Waals surface area contributed by atoms with E-state index in [0.717, 1.165) is 0 Å². The van der Waals surface area contributed by atoms with Crippen molar-refractivity contribution >= 4 is 0 Å². The van der Waals surface area contributed by atoms with E-state index in [1.165, 1.54) is 44.9 Å². The van der Waals surface area contributed by atoms with Gasteiger partial charge in [-0.2, -0.15) is 0 Å². The topological polar surface area (TPSA) is 0 Å². The molecule has 0 saturated heterocycles. The Balaban J connectivity index is 2.79. The molecule has 65 valence electrons. The first-order chi connectivity index (χ1) is 5.41. The molecule has 0 fully saturated rings. The van der Waals surface area contributed by atoms with Gasteiger partial charge in [-0.3, -0.25) is 0 Å². The van der Waals surface area contributed by atoms with Crippen LogP contribution < -0.4 is 0 Å². The molecule has 0 N–H and O–H groups in total. The number of allylic oxidation sites excluding steroid dienone is 2. The zero-order valence-electron chi connectivity index (χ0n) is 7.81. The summed E-state index contributed by atoms with van der Waals surface area (Å²) in [5.74, 6) is 0. The molecule has 0 aromatic rings. The summed E-state index contributed by atoms with van der Waals surface area (Å²) in [4.78, 5) is 0. The molecular formula is C11H21. The van der Waals surface area contributed by atoms with Gasteiger partial charge in [0.15, 0.2) is 0 Å². The molecule has 0 unspecified atom stereocenters. The minimum Gasteiger partial charge on any atom is -0.0885 e. The molecule has 0 amide bonds. The van der Waals surface area contributed by atoms with Crippen LogP contribution in [0.1, 0.15) is 51.9 Å². The van der Waals surface area contributed by atoms with Gasteiger partial charge in [0.25, 0.3) is 0 Å². The highest BCUT2D eigenvalue weighted by molar-refractivity contribution is 4.83. The van der Waals surface area contributed by atoms with Gasteiger partial charge in [-0.25, -0.2) is 0 Å². The smallest absolute Gasteiger partial charge is 0.0316 e. The van der Waals surface area contributed by atoms with Crippen molar-refractivity contribution in [2.24, 2.45) is 0 Å². The van der Waals surface area contributed by atoms with Crippen LogP contribution in [0.5, 0.6) is 0 Å². The molecule has 0 aliphatic carbocycles. The SMILES string of the molecule is [CH2]/C=C\CCCCCCCC. The molecule has 0 nitrogen and oxygen atoms in total. The van der Waals surface area contributed by atoms with Gasteiger partial charge in [0.1, 0.15) is 0 Å². The summed E-state index contributed by atoms with van der Waals surface area (Å²) in [6.07, 6.45) is 13.6. The summed E-state index contributed by atoms with van der Waals surface area (Å²) in [6.45, 7) is 5.91. The fraction of sp³-hybridized carbons (Fsp3) is 0.727. The van der Waals surface area contributed by atoms with E-state index < -0.39 is 0 Å². The van der Waals surface area contributed by atoms with Crippen molar-refractivity contribution in [1.29, 1.82) is 0 Å². The van der Waals surface area contributed by atoms with Crippen molar-refractivity contribution in [3.05, 3.63) is 19.1 Å². The Hall–Kier alpha value is -0.260. The zero-order valence-corrected chi connectivity index (χ0v) is 7.81. The first-order valence-corrected chi connectivity index (χ1v) is 4.86. The number of hydrogen-bond donors (Lipinski definition) is 0. The molecule has 0 aliphatic rings. The van der Waals surface area contributed by atoms with Crippen LogP contribution >= 0.6 is 0 Å². The molecule has 0 aromatic heterocycles. The molecule has 0 rings (SSSR count). The van der Waals surface area contributed by atoms with Crippen LogP contribution in [0, 0.1) is 6.92 Å². The highest BCUT2D eigenvalue weighted by Crippen LogP contribution is 2.06. The van der Waals surface area contributed by atoms with E-state index in [0.29, 0.717) is 0 Å². The second kappa shape index (κ2) is 9.74. The Morgan fingerprint density at radius 1 is 1.00 bits per heavy atom. The van der Waals surface area contributed by atoms with E-state index in [-0.39, 0.29) is 0 Å². The third-order valence-electron chi connectivity index (χ3n) is 1.89. The Kier molecular flexibility index (Phi) is 9.51. The highest BCUT2D eigenvalue weighted by atomic mass is 13.9. The summed E-state index contributed by atoms with van der Waals surface area (Å²) >= 11 is 0. The van der Waals surface area contributed by atoms with Crippen LogP contribution in [0.4, 0.5) is 0 Å². The van der Waals surface area contributed by atoms with E-state index in [1.54, 1.807) is 0 Å². The Bertz CT molecular complexity index is 82.0. The lowest BCUT2D eigenvalue weighted by molar-refractivity contribution is 0.611. The van der Waals surface area contributed by atoms with Crippen LogP contribution in [0.15, 0.2) is 12.2 Å². The summed E-state index contributed by atoms with van der Waals surface area (Å²) in [5, 5.41) is 0. The molecule has 0 spiro atoms. The lowest BCUT2D eigenvalue weighted by Crippen LogP contribution is -1.77. The molecular weight excluding hydrogens is 132 g/mol. The van der Waals surface area contributed by atoms with E-state index in [1.807, 2.05) is 6.08 Å². The molecule has 1 radical (unpaired) electrons. The third-order valence-corrected chi connectivity index (χ3v) is 1.89. The van der Waals surface area contributed by atoms with Crippen molar-refractivity contribution in [3.63, 3.8) is 0 Å². The summed E-state index contributed by atoms with van der Waals surface area (Å²) in [5.41, 5.74) is 0. The van der Waals surface area contributed by atoms with Gasteiger partial charge in [0.05, 0.1) is 0 Å². The fourth-order valence-corrected chi connectivity index (χ4v) is 1.16. The van der Waals surface area contributed by atoms with Gasteiger partial charge in [0, 0.05) is 0 Å². The van der Waals surface area contributed by atoms with E-state index >= 15 is 0 Å². The normalized spacial score (nSPS) is 11.1. The first kappa shape index (κ1) is 10.7. The molecule has 0 saturated carbocycles. The monoisotopic (exact) mass is 153 g/mol. The van der Waals surface area contributed by atoms with Crippen molar-refractivity contribution < 1.29 is 0 Å². The first-order valence-electron chi connectivity index (χ1n) is 4.86. The molecule has 0 heterocycles. The quantitative estimate of drug-likeness (QED) is 0.482.